The van der Waals surface area contributed by atoms with Crippen LogP contribution in [0.3, 0.4) is 0 Å². The smallest absolute Gasteiger partial charge is 0.235 e. The standard InChI is InChI=1S/C31H27O3PS/c32-29-27-18-10-11-19-28(27)33-30(26-16-8-3-9-17-26)31(29)34-35(36,22-20-24-12-4-1-5-13-24)23-21-25-14-6-2-7-15-25/h1-19H,20-23H2. The summed E-state index contributed by atoms with van der Waals surface area (Å²) in [5.41, 5.74) is 3.58. The van der Waals surface area contributed by atoms with Gasteiger partial charge in [0.05, 0.1) is 5.39 Å². The van der Waals surface area contributed by atoms with Gasteiger partial charge in [-0.05, 0) is 36.1 Å². The molecule has 0 N–H and O–H groups in total. The first-order valence-corrected chi connectivity index (χ1v) is 15.2. The van der Waals surface area contributed by atoms with Gasteiger partial charge in [-0.25, -0.2) is 0 Å². The van der Waals surface area contributed by atoms with Gasteiger partial charge in [0.1, 0.15) is 11.8 Å². The molecule has 0 radical (unpaired) electrons. The van der Waals surface area contributed by atoms with Gasteiger partial charge in [0.25, 0.3) is 0 Å². The highest BCUT2D eigenvalue weighted by Gasteiger charge is 2.26. The van der Waals surface area contributed by atoms with Crippen LogP contribution in [0.4, 0.5) is 0 Å². The molecule has 0 aliphatic rings. The topological polar surface area (TPSA) is 39.4 Å². The summed E-state index contributed by atoms with van der Waals surface area (Å²) in [6.07, 6.45) is 0.533. The summed E-state index contributed by atoms with van der Waals surface area (Å²) in [6, 6.07) is 37.5. The van der Waals surface area contributed by atoms with Gasteiger partial charge >= 0.3 is 0 Å². The van der Waals surface area contributed by atoms with Crippen LogP contribution in [0, 0.1) is 0 Å². The van der Waals surface area contributed by atoms with E-state index in [0.717, 1.165) is 18.4 Å². The molecule has 0 atom stereocenters. The molecule has 0 bridgehead atoms. The highest BCUT2D eigenvalue weighted by molar-refractivity contribution is 8.12. The molecule has 5 heteroatoms. The van der Waals surface area contributed by atoms with E-state index in [0.29, 0.717) is 29.1 Å². The Bertz CT molecular complexity index is 1500. The maximum atomic E-state index is 13.7. The number of benzene rings is 4. The van der Waals surface area contributed by atoms with Gasteiger partial charge in [0, 0.05) is 17.9 Å². The van der Waals surface area contributed by atoms with Crippen molar-refractivity contribution in [2.45, 2.75) is 12.8 Å². The highest BCUT2D eigenvalue weighted by atomic mass is 32.4. The monoisotopic (exact) mass is 510 g/mol. The third-order valence-corrected chi connectivity index (χ3v) is 9.86. The molecule has 0 aliphatic heterocycles. The highest BCUT2D eigenvalue weighted by Crippen LogP contribution is 2.50. The number of aryl methyl sites for hydroxylation is 2. The minimum atomic E-state index is -2.45. The van der Waals surface area contributed by atoms with E-state index in [2.05, 4.69) is 24.3 Å². The van der Waals surface area contributed by atoms with E-state index in [4.69, 9.17) is 20.7 Å². The van der Waals surface area contributed by atoms with E-state index in [-0.39, 0.29) is 11.2 Å². The molecule has 0 fully saturated rings. The average molecular weight is 511 g/mol. The molecule has 5 rings (SSSR count). The number of hydrogen-bond donors (Lipinski definition) is 0. The lowest BCUT2D eigenvalue weighted by Crippen LogP contribution is -2.13. The van der Waals surface area contributed by atoms with E-state index in [1.54, 1.807) is 6.07 Å². The zero-order chi connectivity index (χ0) is 24.8. The minimum absolute atomic E-state index is 0.177. The number of hydrogen-bond acceptors (Lipinski definition) is 4. The van der Waals surface area contributed by atoms with Gasteiger partial charge in [-0.15, -0.1) is 0 Å². The molecular weight excluding hydrogens is 483 g/mol. The lowest BCUT2D eigenvalue weighted by atomic mass is 10.1. The zero-order valence-electron chi connectivity index (χ0n) is 19.9. The molecular formula is C31H27O3PS. The molecule has 5 aromatic rings. The molecule has 4 aromatic carbocycles. The molecule has 1 heterocycles. The minimum Gasteiger partial charge on any atom is -0.458 e. The fraction of sp³-hybridized carbons (Fsp3) is 0.129. The van der Waals surface area contributed by atoms with Gasteiger partial charge in [0.15, 0.2) is 5.76 Å². The normalized spacial score (nSPS) is 11.4. The summed E-state index contributed by atoms with van der Waals surface area (Å²) in [7, 11) is 0. The van der Waals surface area contributed by atoms with Crippen LogP contribution in [0.2, 0.25) is 0 Å². The molecule has 0 aliphatic carbocycles. The summed E-state index contributed by atoms with van der Waals surface area (Å²) in [5.74, 6) is 0.664. The zero-order valence-corrected chi connectivity index (χ0v) is 21.6. The van der Waals surface area contributed by atoms with Crippen molar-refractivity contribution in [3.05, 3.63) is 137 Å². The first kappa shape index (κ1) is 24.2. The largest absolute Gasteiger partial charge is 0.458 e. The SMILES string of the molecule is O=c1c(OP(=S)(CCc2ccccc2)CCc2ccccc2)c(-c2ccccc2)oc2ccccc12. The first-order chi connectivity index (χ1) is 17.6. The van der Waals surface area contributed by atoms with Gasteiger partial charge in [-0.3, -0.25) is 4.79 Å². The first-order valence-electron chi connectivity index (χ1n) is 12.1. The Labute approximate surface area is 216 Å². The van der Waals surface area contributed by atoms with Gasteiger partial charge in [0.2, 0.25) is 11.2 Å². The summed E-state index contributed by atoms with van der Waals surface area (Å²) < 4.78 is 13.0. The van der Waals surface area contributed by atoms with Gasteiger partial charge in [-0.1, -0.05) is 115 Å². The fourth-order valence-electron chi connectivity index (χ4n) is 4.25. The quantitative estimate of drug-likeness (QED) is 0.190. The Hall–Kier alpha value is -3.46. The van der Waals surface area contributed by atoms with E-state index >= 15 is 0 Å². The predicted octanol–water partition coefficient (Wildman–Crippen LogP) is 7.72. The van der Waals surface area contributed by atoms with Crippen molar-refractivity contribution in [2.75, 3.05) is 12.3 Å². The van der Waals surface area contributed by atoms with E-state index in [9.17, 15) is 4.79 Å². The second-order valence-corrected chi connectivity index (χ2v) is 13.5. The lowest BCUT2D eigenvalue weighted by Gasteiger charge is -2.24. The molecule has 0 saturated heterocycles. The van der Waals surface area contributed by atoms with Crippen molar-refractivity contribution in [1.82, 2.24) is 0 Å². The van der Waals surface area contributed by atoms with E-state index < -0.39 is 6.26 Å². The van der Waals surface area contributed by atoms with Crippen molar-refractivity contribution in [3.63, 3.8) is 0 Å². The fourth-order valence-corrected chi connectivity index (χ4v) is 7.12. The Kier molecular flexibility index (Phi) is 7.46. The van der Waals surface area contributed by atoms with Gasteiger partial charge in [-0.2, -0.15) is 0 Å². The van der Waals surface area contributed by atoms with E-state index in [1.807, 2.05) is 84.9 Å². The van der Waals surface area contributed by atoms with Crippen molar-refractivity contribution in [3.8, 4) is 17.1 Å². The van der Waals surface area contributed by atoms with Crippen LogP contribution >= 0.6 is 6.26 Å². The molecule has 0 saturated carbocycles. The number of rotatable bonds is 9. The average Bonchev–Trinajstić information content (AvgIpc) is 2.94. The molecule has 1 aromatic heterocycles. The maximum absolute atomic E-state index is 13.7. The van der Waals surface area contributed by atoms with Crippen LogP contribution < -0.4 is 9.95 Å². The Morgan fingerprint density at radius 1 is 0.667 bits per heavy atom. The third-order valence-electron chi connectivity index (χ3n) is 6.22. The van der Waals surface area contributed by atoms with Crippen LogP contribution in [-0.4, -0.2) is 12.3 Å². The summed E-state index contributed by atoms with van der Waals surface area (Å²) in [6.45, 7) is 0. The van der Waals surface area contributed by atoms with Crippen molar-refractivity contribution in [2.24, 2.45) is 0 Å². The molecule has 180 valence electrons. The molecule has 0 spiro atoms. The van der Waals surface area contributed by atoms with Crippen molar-refractivity contribution in [1.29, 1.82) is 0 Å². The molecule has 36 heavy (non-hydrogen) atoms. The van der Waals surface area contributed by atoms with Crippen LogP contribution in [0.15, 0.2) is 124 Å². The second-order valence-electron chi connectivity index (χ2n) is 8.78. The number of para-hydroxylation sites is 1. The summed E-state index contributed by atoms with van der Waals surface area (Å²) in [4.78, 5) is 13.7. The molecule has 3 nitrogen and oxygen atoms in total. The third kappa shape index (κ3) is 5.67. The van der Waals surface area contributed by atoms with Crippen LogP contribution in [0.5, 0.6) is 5.75 Å². The predicted molar refractivity (Wildman–Crippen MR) is 153 cm³/mol. The summed E-state index contributed by atoms with van der Waals surface area (Å²) in [5, 5.41) is 0.500. The van der Waals surface area contributed by atoms with Crippen LogP contribution in [0.25, 0.3) is 22.3 Å². The van der Waals surface area contributed by atoms with Crippen LogP contribution in [-0.2, 0) is 24.6 Å². The molecule has 0 amide bonds. The van der Waals surface area contributed by atoms with Crippen LogP contribution in [0.1, 0.15) is 11.1 Å². The van der Waals surface area contributed by atoms with Gasteiger partial charge < -0.3 is 8.94 Å². The second kappa shape index (κ2) is 11.1. The lowest BCUT2D eigenvalue weighted by molar-refractivity contribution is 0.545. The maximum Gasteiger partial charge on any atom is 0.235 e. The summed E-state index contributed by atoms with van der Waals surface area (Å²) >= 11 is 6.28. The Balaban J connectivity index is 1.56. The van der Waals surface area contributed by atoms with E-state index in [1.165, 1.54) is 11.1 Å². The molecule has 0 unspecified atom stereocenters. The van der Waals surface area contributed by atoms with Crippen molar-refractivity contribution >= 4 is 29.0 Å². The van der Waals surface area contributed by atoms with Crippen molar-refractivity contribution < 1.29 is 8.94 Å². The Morgan fingerprint density at radius 3 is 1.75 bits per heavy atom. The number of fused-ring (bicyclic) bond motifs is 1. The Morgan fingerprint density at radius 2 is 1.17 bits per heavy atom.